The highest BCUT2D eigenvalue weighted by Gasteiger charge is 2.10. The van der Waals surface area contributed by atoms with Gasteiger partial charge >= 0.3 is 0 Å². The fraction of sp³-hybridized carbons (Fsp3) is 0.400. The molecule has 1 aromatic heterocycles. The fourth-order valence-electron chi connectivity index (χ4n) is 2.20. The third-order valence-corrected chi connectivity index (χ3v) is 4.15. The summed E-state index contributed by atoms with van der Waals surface area (Å²) in [6, 6.07) is 6.88. The molecule has 19 heavy (non-hydrogen) atoms. The molecule has 0 saturated carbocycles. The molecule has 2 aromatic rings. The van der Waals surface area contributed by atoms with Gasteiger partial charge in [-0.25, -0.2) is 4.39 Å². The number of halogens is 2. The third kappa shape index (κ3) is 4.46. The molecular weight excluding hydrogens is 307 g/mol. The Morgan fingerprint density at radius 3 is 2.84 bits per heavy atom. The molecule has 0 aliphatic rings. The Hall–Kier alpha value is -1.16. The molecule has 0 radical (unpaired) electrons. The highest BCUT2D eigenvalue weighted by atomic mass is 79.9. The molecule has 2 nitrogen and oxygen atoms in total. The quantitative estimate of drug-likeness (QED) is 0.740. The van der Waals surface area contributed by atoms with Crippen molar-refractivity contribution in [3.63, 3.8) is 0 Å². The zero-order valence-electron chi connectivity index (χ0n) is 11.0. The summed E-state index contributed by atoms with van der Waals surface area (Å²) in [4.78, 5) is 0. The lowest BCUT2D eigenvalue weighted by molar-refractivity contribution is 0.539. The topological polar surface area (TPSA) is 17.8 Å². The van der Waals surface area contributed by atoms with E-state index in [2.05, 4.69) is 21.0 Å². The van der Waals surface area contributed by atoms with Gasteiger partial charge in [-0.2, -0.15) is 5.10 Å². The summed E-state index contributed by atoms with van der Waals surface area (Å²) >= 11 is 3.56. The summed E-state index contributed by atoms with van der Waals surface area (Å²) < 4.78 is 15.0. The van der Waals surface area contributed by atoms with Crippen molar-refractivity contribution in [3.05, 3.63) is 53.6 Å². The largest absolute Gasteiger partial charge is 0.276 e. The Bertz CT molecular complexity index is 524. The second-order valence-electron chi connectivity index (χ2n) is 4.92. The minimum atomic E-state index is -0.155. The van der Waals surface area contributed by atoms with Gasteiger partial charge in [0.2, 0.25) is 0 Å². The Morgan fingerprint density at radius 1 is 1.37 bits per heavy atom. The van der Waals surface area contributed by atoms with Crippen LogP contribution in [0.3, 0.4) is 0 Å². The average Bonchev–Trinajstić information content (AvgIpc) is 2.80. The number of benzene rings is 1. The van der Waals surface area contributed by atoms with Crippen LogP contribution in [0.1, 0.15) is 17.5 Å². The van der Waals surface area contributed by atoms with Gasteiger partial charge in [0.05, 0.1) is 6.20 Å². The van der Waals surface area contributed by atoms with Gasteiger partial charge in [-0.3, -0.25) is 4.68 Å². The highest BCUT2D eigenvalue weighted by Crippen LogP contribution is 2.18. The summed E-state index contributed by atoms with van der Waals surface area (Å²) in [5, 5.41) is 5.11. The van der Waals surface area contributed by atoms with E-state index >= 15 is 0 Å². The molecule has 2 rings (SSSR count). The molecule has 1 aromatic carbocycles. The third-order valence-electron chi connectivity index (χ3n) is 3.23. The number of hydrogen-bond donors (Lipinski definition) is 0. The van der Waals surface area contributed by atoms with Crippen LogP contribution in [0.5, 0.6) is 0 Å². The molecule has 0 amide bonds. The predicted octanol–water partition coefficient (Wildman–Crippen LogP) is 3.75. The van der Waals surface area contributed by atoms with Crippen molar-refractivity contribution in [2.24, 2.45) is 13.0 Å². The number of aromatic nitrogens is 2. The lowest BCUT2D eigenvalue weighted by atomic mass is 9.95. The minimum Gasteiger partial charge on any atom is -0.276 e. The number of nitrogens with zero attached hydrogens (tertiary/aromatic N) is 2. The Balaban J connectivity index is 1.89. The van der Waals surface area contributed by atoms with E-state index in [1.165, 1.54) is 11.6 Å². The average molecular weight is 325 g/mol. The molecule has 1 heterocycles. The summed E-state index contributed by atoms with van der Waals surface area (Å²) in [7, 11) is 1.93. The van der Waals surface area contributed by atoms with Crippen LogP contribution in [0.25, 0.3) is 0 Å². The molecule has 1 unspecified atom stereocenters. The molecular formula is C15H18BrFN2. The standard InChI is InChI=1S/C15H18BrFN2/c1-19-11-14(10-18-19)6-5-13(9-16)7-12-3-2-4-15(17)8-12/h2-4,8,10-11,13H,5-7,9H2,1H3. The lowest BCUT2D eigenvalue weighted by Crippen LogP contribution is -2.08. The molecule has 4 heteroatoms. The normalized spacial score (nSPS) is 12.6. The molecule has 0 fully saturated rings. The molecule has 1 atom stereocenters. The van der Waals surface area contributed by atoms with Gasteiger partial charge in [0, 0.05) is 18.6 Å². The maximum absolute atomic E-state index is 13.2. The first kappa shape index (κ1) is 14.3. The maximum Gasteiger partial charge on any atom is 0.123 e. The SMILES string of the molecule is Cn1cc(CCC(CBr)Cc2cccc(F)c2)cn1. The van der Waals surface area contributed by atoms with Crippen LogP contribution >= 0.6 is 15.9 Å². The van der Waals surface area contributed by atoms with E-state index in [1.54, 1.807) is 12.1 Å². The van der Waals surface area contributed by atoms with Crippen molar-refractivity contribution in [2.75, 3.05) is 5.33 Å². The molecule has 0 saturated heterocycles. The van der Waals surface area contributed by atoms with E-state index < -0.39 is 0 Å². The van der Waals surface area contributed by atoms with Crippen molar-refractivity contribution in [1.29, 1.82) is 0 Å². The summed E-state index contributed by atoms with van der Waals surface area (Å²) in [6.45, 7) is 0. The second-order valence-corrected chi connectivity index (χ2v) is 5.56. The van der Waals surface area contributed by atoms with Crippen molar-refractivity contribution in [1.82, 2.24) is 9.78 Å². The van der Waals surface area contributed by atoms with E-state index in [4.69, 9.17) is 0 Å². The first-order valence-corrected chi connectivity index (χ1v) is 7.57. The van der Waals surface area contributed by atoms with E-state index in [-0.39, 0.29) is 5.82 Å². The van der Waals surface area contributed by atoms with Crippen LogP contribution in [0, 0.1) is 11.7 Å². The van der Waals surface area contributed by atoms with Gasteiger partial charge in [0.15, 0.2) is 0 Å². The number of hydrogen-bond acceptors (Lipinski definition) is 1. The molecule has 0 aliphatic heterocycles. The van der Waals surface area contributed by atoms with Gasteiger partial charge in [0.25, 0.3) is 0 Å². The Kier molecular flexibility index (Phi) is 5.14. The summed E-state index contributed by atoms with van der Waals surface area (Å²) in [5.41, 5.74) is 2.32. The smallest absolute Gasteiger partial charge is 0.123 e. The van der Waals surface area contributed by atoms with E-state index in [0.29, 0.717) is 5.92 Å². The number of rotatable bonds is 6. The van der Waals surface area contributed by atoms with Crippen LogP contribution in [0.2, 0.25) is 0 Å². The van der Waals surface area contributed by atoms with Crippen LogP contribution in [0.15, 0.2) is 36.7 Å². The molecule has 0 aliphatic carbocycles. The minimum absolute atomic E-state index is 0.155. The predicted molar refractivity (Wildman–Crippen MR) is 78.9 cm³/mol. The van der Waals surface area contributed by atoms with Crippen molar-refractivity contribution in [3.8, 4) is 0 Å². The van der Waals surface area contributed by atoms with Gasteiger partial charge in [-0.1, -0.05) is 28.1 Å². The van der Waals surface area contributed by atoms with Crippen molar-refractivity contribution < 1.29 is 4.39 Å². The number of alkyl halides is 1. The first-order valence-electron chi connectivity index (χ1n) is 6.45. The zero-order valence-corrected chi connectivity index (χ0v) is 12.6. The summed E-state index contributed by atoms with van der Waals surface area (Å²) in [5.74, 6) is 0.361. The van der Waals surface area contributed by atoms with Crippen molar-refractivity contribution in [2.45, 2.75) is 19.3 Å². The summed E-state index contributed by atoms with van der Waals surface area (Å²) in [6.07, 6.45) is 6.96. The highest BCUT2D eigenvalue weighted by molar-refractivity contribution is 9.09. The second kappa shape index (κ2) is 6.85. The molecule has 0 N–H and O–H groups in total. The Morgan fingerprint density at radius 2 is 2.21 bits per heavy atom. The van der Waals surface area contributed by atoms with Crippen LogP contribution < -0.4 is 0 Å². The maximum atomic E-state index is 13.2. The van der Waals surface area contributed by atoms with E-state index in [1.807, 2.05) is 30.2 Å². The van der Waals surface area contributed by atoms with Gasteiger partial charge in [-0.15, -0.1) is 0 Å². The van der Waals surface area contributed by atoms with Crippen LogP contribution in [-0.4, -0.2) is 15.1 Å². The van der Waals surface area contributed by atoms with E-state index in [0.717, 1.165) is 30.2 Å². The van der Waals surface area contributed by atoms with Crippen molar-refractivity contribution >= 4 is 15.9 Å². The van der Waals surface area contributed by atoms with E-state index in [9.17, 15) is 4.39 Å². The van der Waals surface area contributed by atoms with Gasteiger partial charge in [-0.05, 0) is 48.4 Å². The number of aryl methyl sites for hydroxylation is 2. The van der Waals surface area contributed by atoms with Crippen LogP contribution in [-0.2, 0) is 19.9 Å². The lowest BCUT2D eigenvalue weighted by Gasteiger charge is -2.13. The van der Waals surface area contributed by atoms with Crippen LogP contribution in [0.4, 0.5) is 4.39 Å². The fourth-order valence-corrected chi connectivity index (χ4v) is 2.76. The molecule has 0 bridgehead atoms. The molecule has 102 valence electrons. The molecule has 0 spiro atoms. The first-order chi connectivity index (χ1) is 9.17. The van der Waals surface area contributed by atoms with Gasteiger partial charge < -0.3 is 0 Å². The van der Waals surface area contributed by atoms with Gasteiger partial charge in [0.1, 0.15) is 5.82 Å². The zero-order chi connectivity index (χ0) is 13.7. The monoisotopic (exact) mass is 324 g/mol. The Labute approximate surface area is 121 Å².